The zero-order chi connectivity index (χ0) is 15.8. The van der Waals surface area contributed by atoms with E-state index in [1.807, 2.05) is 24.8 Å². The number of sulfonamides is 1. The van der Waals surface area contributed by atoms with Crippen LogP contribution < -0.4 is 5.73 Å². The molecule has 21 heavy (non-hydrogen) atoms. The van der Waals surface area contributed by atoms with Gasteiger partial charge < -0.3 is 5.73 Å². The number of rotatable bonds is 3. The second-order valence-corrected chi connectivity index (χ2v) is 10.4. The highest BCUT2D eigenvalue weighted by Crippen LogP contribution is 2.34. The maximum atomic E-state index is 13.0. The molecule has 0 aromatic heterocycles. The van der Waals surface area contributed by atoms with E-state index in [4.69, 9.17) is 5.73 Å². The Kier molecular flexibility index (Phi) is 5.10. The van der Waals surface area contributed by atoms with Gasteiger partial charge in [-0.05, 0) is 44.0 Å². The lowest BCUT2D eigenvalue weighted by atomic mass is 10.1. The van der Waals surface area contributed by atoms with Crippen LogP contribution in [0.1, 0.15) is 25.0 Å². The van der Waals surface area contributed by atoms with Gasteiger partial charge in [-0.15, -0.1) is 0 Å². The highest BCUT2D eigenvalue weighted by molar-refractivity contribution is 9.10. The van der Waals surface area contributed by atoms with Crippen molar-refractivity contribution in [2.45, 2.75) is 37.0 Å². The first-order chi connectivity index (χ1) is 9.67. The van der Waals surface area contributed by atoms with Crippen LogP contribution in [0.25, 0.3) is 0 Å². The van der Waals surface area contributed by atoms with Crippen LogP contribution in [-0.4, -0.2) is 36.3 Å². The predicted molar refractivity (Wildman–Crippen MR) is 92.1 cm³/mol. The van der Waals surface area contributed by atoms with Crippen molar-refractivity contribution in [3.63, 3.8) is 0 Å². The Labute approximate surface area is 139 Å². The Balaban J connectivity index is 2.47. The van der Waals surface area contributed by atoms with E-state index in [0.29, 0.717) is 24.5 Å². The molecular weight excluding hydrogens is 372 g/mol. The van der Waals surface area contributed by atoms with Gasteiger partial charge in [0.25, 0.3) is 0 Å². The molecule has 1 heterocycles. The average molecular weight is 393 g/mol. The van der Waals surface area contributed by atoms with Crippen molar-refractivity contribution >= 4 is 37.7 Å². The first-order valence-corrected chi connectivity index (χ1v) is 10.0. The number of thioether (sulfide) groups is 1. The summed E-state index contributed by atoms with van der Waals surface area (Å²) in [6.45, 7) is 7.39. The van der Waals surface area contributed by atoms with E-state index in [9.17, 15) is 8.42 Å². The lowest BCUT2D eigenvalue weighted by molar-refractivity contribution is 0.387. The lowest BCUT2D eigenvalue weighted by Gasteiger charge is -2.37. The Bertz CT molecular complexity index is 645. The molecule has 0 unspecified atom stereocenters. The third kappa shape index (κ3) is 3.64. The molecule has 4 nitrogen and oxygen atoms in total. The smallest absolute Gasteiger partial charge is 0.243 e. The van der Waals surface area contributed by atoms with Gasteiger partial charge in [-0.1, -0.05) is 15.9 Å². The number of hydrogen-bond donors (Lipinski definition) is 1. The van der Waals surface area contributed by atoms with Gasteiger partial charge in [0.2, 0.25) is 10.0 Å². The molecule has 1 aliphatic heterocycles. The molecule has 1 saturated heterocycles. The first-order valence-electron chi connectivity index (χ1n) is 6.80. The molecule has 1 fully saturated rings. The van der Waals surface area contributed by atoms with Crippen LogP contribution in [-0.2, 0) is 16.6 Å². The quantitative estimate of drug-likeness (QED) is 0.858. The van der Waals surface area contributed by atoms with E-state index in [1.54, 1.807) is 10.4 Å². The molecule has 0 amide bonds. The van der Waals surface area contributed by atoms with Crippen molar-refractivity contribution in [3.8, 4) is 0 Å². The third-order valence-corrected chi connectivity index (χ3v) is 7.69. The second-order valence-electron chi connectivity index (χ2n) is 5.85. The molecule has 0 radical (unpaired) electrons. The summed E-state index contributed by atoms with van der Waals surface area (Å²) in [6, 6.07) is 3.58. The van der Waals surface area contributed by atoms with Crippen LogP contribution in [0.3, 0.4) is 0 Å². The van der Waals surface area contributed by atoms with Crippen molar-refractivity contribution in [1.82, 2.24) is 4.31 Å². The summed E-state index contributed by atoms with van der Waals surface area (Å²) in [7, 11) is -3.48. The van der Waals surface area contributed by atoms with Crippen molar-refractivity contribution in [3.05, 3.63) is 27.7 Å². The number of nitrogens with two attached hydrogens (primary N) is 1. The lowest BCUT2D eigenvalue weighted by Crippen LogP contribution is -2.46. The van der Waals surface area contributed by atoms with Gasteiger partial charge >= 0.3 is 0 Å². The van der Waals surface area contributed by atoms with Gasteiger partial charge in [0, 0.05) is 34.6 Å². The minimum Gasteiger partial charge on any atom is -0.326 e. The molecule has 1 aromatic carbocycles. The SMILES string of the molecule is Cc1c(Br)cc(CN)cc1S(=O)(=O)N1CCSC(C)(C)C1. The molecule has 118 valence electrons. The molecular formula is C14H21BrN2O2S2. The van der Waals surface area contributed by atoms with Gasteiger partial charge in [-0.25, -0.2) is 8.42 Å². The summed E-state index contributed by atoms with van der Waals surface area (Å²) < 4.78 is 28.3. The van der Waals surface area contributed by atoms with Crippen LogP contribution in [0.4, 0.5) is 0 Å². The van der Waals surface area contributed by atoms with E-state index in [-0.39, 0.29) is 4.75 Å². The molecule has 0 spiro atoms. The van der Waals surface area contributed by atoms with Crippen LogP contribution in [0.5, 0.6) is 0 Å². The highest BCUT2D eigenvalue weighted by Gasteiger charge is 2.35. The van der Waals surface area contributed by atoms with Gasteiger partial charge in [0.1, 0.15) is 0 Å². The highest BCUT2D eigenvalue weighted by atomic mass is 79.9. The minimum absolute atomic E-state index is 0.0536. The average Bonchev–Trinajstić information content (AvgIpc) is 2.40. The summed E-state index contributed by atoms with van der Waals surface area (Å²) in [5, 5.41) is 0. The van der Waals surface area contributed by atoms with Crippen LogP contribution >= 0.6 is 27.7 Å². The molecule has 0 saturated carbocycles. The minimum atomic E-state index is -3.48. The van der Waals surface area contributed by atoms with Gasteiger partial charge in [0.15, 0.2) is 0 Å². The number of halogens is 1. The molecule has 2 rings (SSSR count). The van der Waals surface area contributed by atoms with E-state index in [0.717, 1.165) is 21.4 Å². The Morgan fingerprint density at radius 2 is 2.10 bits per heavy atom. The number of nitrogens with zero attached hydrogens (tertiary/aromatic N) is 1. The van der Waals surface area contributed by atoms with Gasteiger partial charge in [-0.3, -0.25) is 0 Å². The molecule has 0 bridgehead atoms. The zero-order valence-corrected chi connectivity index (χ0v) is 15.7. The fourth-order valence-corrected chi connectivity index (χ4v) is 6.26. The first kappa shape index (κ1) is 17.3. The Morgan fingerprint density at radius 1 is 1.43 bits per heavy atom. The van der Waals surface area contributed by atoms with E-state index < -0.39 is 10.0 Å². The Hall–Kier alpha value is -0.0800. The van der Waals surface area contributed by atoms with Crippen molar-refractivity contribution in [1.29, 1.82) is 0 Å². The summed E-state index contributed by atoms with van der Waals surface area (Å²) >= 11 is 5.25. The van der Waals surface area contributed by atoms with Crippen molar-refractivity contribution < 1.29 is 8.42 Å². The van der Waals surface area contributed by atoms with E-state index in [2.05, 4.69) is 29.8 Å². The third-order valence-electron chi connectivity index (χ3n) is 3.60. The maximum Gasteiger partial charge on any atom is 0.243 e. The molecule has 2 N–H and O–H groups in total. The normalized spacial score (nSPS) is 19.7. The van der Waals surface area contributed by atoms with Crippen molar-refractivity contribution in [2.24, 2.45) is 5.73 Å². The predicted octanol–water partition coefficient (Wildman–Crippen LogP) is 2.73. The fraction of sp³-hybridized carbons (Fsp3) is 0.571. The van der Waals surface area contributed by atoms with Crippen molar-refractivity contribution in [2.75, 3.05) is 18.8 Å². The molecule has 1 aromatic rings. The zero-order valence-electron chi connectivity index (χ0n) is 12.5. The van der Waals surface area contributed by atoms with E-state index in [1.165, 1.54) is 0 Å². The largest absolute Gasteiger partial charge is 0.326 e. The topological polar surface area (TPSA) is 63.4 Å². The van der Waals surface area contributed by atoms with Crippen LogP contribution in [0, 0.1) is 6.92 Å². The summed E-state index contributed by atoms with van der Waals surface area (Å²) in [5.74, 6) is 0.822. The number of benzene rings is 1. The number of hydrogen-bond acceptors (Lipinski definition) is 4. The maximum absolute atomic E-state index is 13.0. The van der Waals surface area contributed by atoms with Gasteiger partial charge in [-0.2, -0.15) is 16.1 Å². The standard InChI is InChI=1S/C14H21BrN2O2S2/c1-10-12(15)6-11(8-16)7-13(10)21(18,19)17-4-5-20-14(2,3)9-17/h6-7H,4-5,8-9,16H2,1-3H3. The van der Waals surface area contributed by atoms with Crippen LogP contribution in [0.15, 0.2) is 21.5 Å². The summed E-state index contributed by atoms with van der Waals surface area (Å²) in [4.78, 5) is 0.361. The second kappa shape index (κ2) is 6.20. The molecule has 0 aliphatic carbocycles. The van der Waals surface area contributed by atoms with Crippen LogP contribution in [0.2, 0.25) is 0 Å². The summed E-state index contributed by atoms with van der Waals surface area (Å²) in [5.41, 5.74) is 7.23. The molecule has 0 atom stereocenters. The monoisotopic (exact) mass is 392 g/mol. The fourth-order valence-electron chi connectivity index (χ4n) is 2.41. The molecule has 1 aliphatic rings. The molecule has 7 heteroatoms. The summed E-state index contributed by atoms with van der Waals surface area (Å²) in [6.07, 6.45) is 0. The van der Waals surface area contributed by atoms with Gasteiger partial charge in [0.05, 0.1) is 4.90 Å². The van der Waals surface area contributed by atoms with E-state index >= 15 is 0 Å². The Morgan fingerprint density at radius 3 is 2.67 bits per heavy atom.